The number of fused-ring (bicyclic) bond motifs is 3. The minimum atomic E-state index is 0. The average Bonchev–Trinajstić information content (AvgIpc) is 3.86. The van der Waals surface area contributed by atoms with Crippen molar-refractivity contribution in [2.75, 3.05) is 0 Å². The molecule has 3 aromatic heterocycles. The molecule has 0 atom stereocenters. The summed E-state index contributed by atoms with van der Waals surface area (Å²) < 4.78 is 6.33. The summed E-state index contributed by atoms with van der Waals surface area (Å²) in [6, 6.07) is 58.1. The number of rotatable bonds is 6. The normalized spacial score (nSPS) is 11.2. The molecule has 6 aromatic carbocycles. The molecule has 0 aliphatic carbocycles. The van der Waals surface area contributed by atoms with Crippen molar-refractivity contribution in [3.05, 3.63) is 170 Å². The van der Waals surface area contributed by atoms with Crippen molar-refractivity contribution in [2.24, 2.45) is 7.05 Å². The summed E-state index contributed by atoms with van der Waals surface area (Å²) in [6.07, 6.45) is 3.77. The Morgan fingerprint density at radius 3 is 1.96 bits per heavy atom. The fourth-order valence-corrected chi connectivity index (χ4v) is 6.73. The van der Waals surface area contributed by atoms with Crippen LogP contribution in [0.1, 0.15) is 0 Å². The molecule has 3 heterocycles. The Morgan fingerprint density at radius 1 is 0.571 bits per heavy atom. The Kier molecular flexibility index (Phi) is 7.91. The second-order valence-corrected chi connectivity index (χ2v) is 11.9. The monoisotopic (exact) mass is 810 g/mol. The van der Waals surface area contributed by atoms with Crippen LogP contribution in [0.15, 0.2) is 158 Å². The predicted octanol–water partition coefficient (Wildman–Crippen LogP) is 9.97. The summed E-state index contributed by atoms with van der Waals surface area (Å²) in [5.41, 5.74) is 11.0. The summed E-state index contributed by atoms with van der Waals surface area (Å²) in [7, 11) is 2.01. The van der Waals surface area contributed by atoms with E-state index in [2.05, 4.69) is 166 Å². The minimum absolute atomic E-state index is 0. The first kappa shape index (κ1) is 30.6. The van der Waals surface area contributed by atoms with Crippen LogP contribution in [0, 0.1) is 12.1 Å². The number of benzene rings is 6. The topological polar surface area (TPSA) is 40.6 Å². The Morgan fingerprint density at radius 2 is 1.24 bits per heavy atom. The fourth-order valence-electron chi connectivity index (χ4n) is 6.73. The smallest absolute Gasteiger partial charge is 0.373 e. The van der Waals surface area contributed by atoms with Gasteiger partial charge in [-0.25, -0.2) is 0 Å². The molecular weight excluding hydrogens is 782 g/mol. The molecule has 0 radical (unpaired) electrons. The van der Waals surface area contributed by atoms with E-state index in [0.717, 1.165) is 78.2 Å². The van der Waals surface area contributed by atoms with Gasteiger partial charge in [0.15, 0.2) is 0 Å². The van der Waals surface area contributed by atoms with E-state index >= 15 is 0 Å². The summed E-state index contributed by atoms with van der Waals surface area (Å²) in [6.45, 7) is 0. The number of hydrogen-bond acceptors (Lipinski definition) is 2. The van der Waals surface area contributed by atoms with Crippen LogP contribution in [0.4, 0.5) is 0 Å². The Labute approximate surface area is 299 Å². The molecule has 0 spiro atoms. The van der Waals surface area contributed by atoms with Gasteiger partial charge in [-0.2, -0.15) is 11.2 Å². The standard InChI is InChI=1S/C43H29N5.Pt/c1-46-27-26-44-43(46)33-20-13-21-34(28-33)47-38-23-12-11-22-36(38)37-25-24-35(29-39(37)47)48-42(32-18-9-4-10-19-32)40(30-14-5-2-6-15-30)41(45-48)31-16-7-3-8-17-31;/h2-27H,1H3;/q-2;+2. The van der Waals surface area contributed by atoms with Crippen molar-refractivity contribution in [3.63, 3.8) is 0 Å². The summed E-state index contributed by atoms with van der Waals surface area (Å²) >= 11 is 0. The summed E-state index contributed by atoms with van der Waals surface area (Å²) in [4.78, 5) is 4.59. The maximum Gasteiger partial charge on any atom is 2.00 e. The van der Waals surface area contributed by atoms with Gasteiger partial charge < -0.3 is 9.13 Å². The van der Waals surface area contributed by atoms with Gasteiger partial charge in [0.2, 0.25) is 0 Å². The van der Waals surface area contributed by atoms with E-state index in [4.69, 9.17) is 5.10 Å². The third-order valence-corrected chi connectivity index (χ3v) is 8.92. The molecular formula is C43H29N5Pt. The van der Waals surface area contributed by atoms with Crippen LogP contribution in [-0.2, 0) is 28.1 Å². The Bertz CT molecular complexity index is 2560. The van der Waals surface area contributed by atoms with Crippen LogP contribution in [0.25, 0.3) is 78.2 Å². The zero-order valence-electron chi connectivity index (χ0n) is 26.6. The summed E-state index contributed by atoms with van der Waals surface area (Å²) in [5, 5.41) is 7.65. The van der Waals surface area contributed by atoms with Crippen LogP contribution in [0.5, 0.6) is 0 Å². The molecule has 9 rings (SSSR count). The molecule has 0 aliphatic rings. The third-order valence-electron chi connectivity index (χ3n) is 8.92. The first-order valence-corrected chi connectivity index (χ1v) is 16.0. The van der Waals surface area contributed by atoms with Gasteiger partial charge in [0.1, 0.15) is 5.69 Å². The number of imidazole rings is 1. The largest absolute Gasteiger partial charge is 2.00 e. The van der Waals surface area contributed by atoms with Gasteiger partial charge in [-0.1, -0.05) is 115 Å². The van der Waals surface area contributed by atoms with Gasteiger partial charge in [-0.15, -0.1) is 47.3 Å². The number of nitrogens with zero attached hydrogens (tertiary/aromatic N) is 5. The molecule has 0 fully saturated rings. The fraction of sp³-hybridized carbons (Fsp3) is 0.0233. The molecule has 236 valence electrons. The molecule has 0 aliphatic heterocycles. The van der Waals surface area contributed by atoms with E-state index in [1.54, 1.807) is 0 Å². The summed E-state index contributed by atoms with van der Waals surface area (Å²) in [5.74, 6) is 0.869. The molecule has 0 bridgehead atoms. The average molecular weight is 811 g/mol. The first-order chi connectivity index (χ1) is 23.7. The Balaban J connectivity index is 0.00000348. The van der Waals surface area contributed by atoms with E-state index < -0.39 is 0 Å². The molecule has 49 heavy (non-hydrogen) atoms. The van der Waals surface area contributed by atoms with E-state index in [1.165, 1.54) is 0 Å². The maximum absolute atomic E-state index is 5.38. The maximum atomic E-state index is 5.38. The SMILES string of the molecule is Cn1ccnc1-c1[c-]c(-n2c3[c-]c(-n4nc(-c5ccccc5)c(-c5ccccc5)c4-c4ccccc4)ccc3c3ccccc32)ccc1.[Pt+2]. The van der Waals surface area contributed by atoms with Crippen LogP contribution >= 0.6 is 0 Å². The molecule has 0 amide bonds. The van der Waals surface area contributed by atoms with Crippen molar-refractivity contribution in [1.29, 1.82) is 0 Å². The zero-order chi connectivity index (χ0) is 32.0. The van der Waals surface area contributed by atoms with E-state index in [-0.39, 0.29) is 21.1 Å². The van der Waals surface area contributed by atoms with Gasteiger partial charge in [-0.3, -0.25) is 9.67 Å². The van der Waals surface area contributed by atoms with Crippen LogP contribution < -0.4 is 0 Å². The third kappa shape index (κ3) is 5.24. The minimum Gasteiger partial charge on any atom is -0.373 e. The molecule has 0 unspecified atom stereocenters. The quantitative estimate of drug-likeness (QED) is 0.157. The molecule has 6 heteroatoms. The molecule has 5 nitrogen and oxygen atoms in total. The van der Waals surface area contributed by atoms with Crippen LogP contribution in [0.2, 0.25) is 0 Å². The van der Waals surface area contributed by atoms with E-state index in [0.29, 0.717) is 0 Å². The molecule has 0 saturated heterocycles. The van der Waals surface area contributed by atoms with Gasteiger partial charge in [0, 0.05) is 41.6 Å². The molecule has 0 saturated carbocycles. The van der Waals surface area contributed by atoms with Crippen LogP contribution in [-0.4, -0.2) is 23.9 Å². The number of para-hydroxylation sites is 1. The zero-order valence-corrected chi connectivity index (χ0v) is 28.8. The first-order valence-electron chi connectivity index (χ1n) is 16.0. The van der Waals surface area contributed by atoms with Crippen molar-refractivity contribution >= 4 is 21.8 Å². The van der Waals surface area contributed by atoms with Crippen molar-refractivity contribution in [2.45, 2.75) is 0 Å². The Hall–Kier alpha value is -5.77. The van der Waals surface area contributed by atoms with Crippen molar-refractivity contribution < 1.29 is 21.1 Å². The predicted molar refractivity (Wildman–Crippen MR) is 194 cm³/mol. The second-order valence-electron chi connectivity index (χ2n) is 11.9. The van der Waals surface area contributed by atoms with Crippen molar-refractivity contribution in [1.82, 2.24) is 23.9 Å². The van der Waals surface area contributed by atoms with Gasteiger partial charge in [0.05, 0.1) is 11.5 Å². The van der Waals surface area contributed by atoms with Crippen molar-refractivity contribution in [3.8, 4) is 56.4 Å². The van der Waals surface area contributed by atoms with Crippen LogP contribution in [0.3, 0.4) is 0 Å². The molecule has 0 N–H and O–H groups in total. The number of aromatic nitrogens is 5. The van der Waals surface area contributed by atoms with E-state index in [1.807, 2.05) is 30.1 Å². The van der Waals surface area contributed by atoms with Gasteiger partial charge in [0.25, 0.3) is 0 Å². The number of aryl methyl sites for hydroxylation is 1. The molecule has 9 aromatic rings. The van der Waals surface area contributed by atoms with Gasteiger partial charge >= 0.3 is 21.1 Å². The van der Waals surface area contributed by atoms with Gasteiger partial charge in [-0.05, 0) is 28.4 Å². The number of hydrogen-bond donors (Lipinski definition) is 0. The second kappa shape index (κ2) is 12.7. The van der Waals surface area contributed by atoms with E-state index in [9.17, 15) is 0 Å².